The number of nitrogens with one attached hydrogen (secondary N) is 2. The minimum Gasteiger partial charge on any atom is -0.477 e. The first-order valence-electron chi connectivity index (χ1n) is 6.34. The number of anilines is 1. The van der Waals surface area contributed by atoms with Crippen molar-refractivity contribution < 1.29 is 14.3 Å². The van der Waals surface area contributed by atoms with Gasteiger partial charge in [-0.3, -0.25) is 4.79 Å². The van der Waals surface area contributed by atoms with Crippen LogP contribution >= 0.6 is 0 Å². The summed E-state index contributed by atoms with van der Waals surface area (Å²) in [6, 6.07) is 7.59. The quantitative estimate of drug-likeness (QED) is 0.863. The molecule has 1 aromatic rings. The van der Waals surface area contributed by atoms with Crippen molar-refractivity contribution in [3.8, 4) is 5.75 Å². The molecule has 1 aromatic carbocycles. The number of carbonyl (C=O) groups excluding carboxylic acids is 1. The van der Waals surface area contributed by atoms with Crippen molar-refractivity contribution in [1.29, 1.82) is 0 Å². The van der Waals surface area contributed by atoms with Crippen molar-refractivity contribution in [3.63, 3.8) is 0 Å². The maximum absolute atomic E-state index is 12.0. The van der Waals surface area contributed by atoms with Crippen molar-refractivity contribution in [3.05, 3.63) is 24.3 Å². The molecule has 5 nitrogen and oxygen atoms in total. The van der Waals surface area contributed by atoms with Crippen LogP contribution in [0.15, 0.2) is 24.3 Å². The van der Waals surface area contributed by atoms with E-state index in [1.807, 2.05) is 38.1 Å². The van der Waals surface area contributed by atoms with Crippen LogP contribution in [0.3, 0.4) is 0 Å². The molecule has 1 aliphatic heterocycles. The smallest absolute Gasteiger partial charge is 0.263 e. The summed E-state index contributed by atoms with van der Waals surface area (Å²) < 4.78 is 10.9. The van der Waals surface area contributed by atoms with Gasteiger partial charge in [-0.1, -0.05) is 12.1 Å². The number of amides is 1. The molecule has 0 fully saturated rings. The SMILES string of the molecule is COC(C)(C)CNC(=O)C1CNc2ccccc2O1. The number of hydrogen-bond acceptors (Lipinski definition) is 4. The summed E-state index contributed by atoms with van der Waals surface area (Å²) in [5.41, 5.74) is 0.541. The second-order valence-corrected chi connectivity index (χ2v) is 5.17. The molecule has 0 bridgehead atoms. The number of ether oxygens (including phenoxy) is 2. The van der Waals surface area contributed by atoms with E-state index in [4.69, 9.17) is 9.47 Å². The van der Waals surface area contributed by atoms with Crippen molar-refractivity contribution in [2.75, 3.05) is 25.5 Å². The van der Waals surface area contributed by atoms with Gasteiger partial charge in [0.05, 0.1) is 17.8 Å². The standard InChI is InChI=1S/C14H20N2O3/c1-14(2,18-3)9-16-13(17)12-8-15-10-6-4-5-7-11(10)19-12/h4-7,12,15H,8-9H2,1-3H3,(H,16,17). The summed E-state index contributed by atoms with van der Waals surface area (Å²) in [7, 11) is 1.63. The Morgan fingerprint density at radius 2 is 2.26 bits per heavy atom. The summed E-state index contributed by atoms with van der Waals surface area (Å²) in [6.07, 6.45) is -0.512. The van der Waals surface area contributed by atoms with Gasteiger partial charge in [-0.25, -0.2) is 0 Å². The fraction of sp³-hybridized carbons (Fsp3) is 0.500. The van der Waals surface area contributed by atoms with Gasteiger partial charge < -0.3 is 20.1 Å². The minimum absolute atomic E-state index is 0.132. The molecular weight excluding hydrogens is 244 g/mol. The summed E-state index contributed by atoms with van der Waals surface area (Å²) in [6.45, 7) is 4.76. The first-order valence-corrected chi connectivity index (χ1v) is 6.34. The number of fused-ring (bicyclic) bond motifs is 1. The molecule has 0 aromatic heterocycles. The van der Waals surface area contributed by atoms with Crippen molar-refractivity contribution in [2.45, 2.75) is 25.6 Å². The van der Waals surface area contributed by atoms with E-state index in [1.165, 1.54) is 0 Å². The first-order chi connectivity index (χ1) is 9.02. The van der Waals surface area contributed by atoms with Gasteiger partial charge in [0.15, 0.2) is 6.10 Å². The molecule has 5 heteroatoms. The van der Waals surface area contributed by atoms with Crippen molar-refractivity contribution in [2.24, 2.45) is 0 Å². The Morgan fingerprint density at radius 1 is 1.53 bits per heavy atom. The molecule has 0 aliphatic carbocycles. The van der Waals surface area contributed by atoms with Gasteiger partial charge in [-0.05, 0) is 26.0 Å². The molecule has 2 rings (SSSR count). The van der Waals surface area contributed by atoms with Crippen LogP contribution in [0.1, 0.15) is 13.8 Å². The number of carbonyl (C=O) groups is 1. The van der Waals surface area contributed by atoms with E-state index in [-0.39, 0.29) is 11.5 Å². The lowest BCUT2D eigenvalue weighted by Crippen LogP contribution is -2.48. The van der Waals surface area contributed by atoms with Crippen LogP contribution in [0.4, 0.5) is 5.69 Å². The molecule has 0 saturated heterocycles. The zero-order chi connectivity index (χ0) is 13.9. The summed E-state index contributed by atoms with van der Waals surface area (Å²) in [4.78, 5) is 12.0. The molecule has 104 valence electrons. The molecule has 1 atom stereocenters. The molecule has 0 radical (unpaired) electrons. The Morgan fingerprint density at radius 3 is 3.00 bits per heavy atom. The molecule has 1 unspecified atom stereocenters. The topological polar surface area (TPSA) is 59.6 Å². The minimum atomic E-state index is -0.512. The number of benzene rings is 1. The molecule has 0 saturated carbocycles. The molecule has 0 spiro atoms. The number of methoxy groups -OCH3 is 1. The lowest BCUT2D eigenvalue weighted by molar-refractivity contribution is -0.128. The van der Waals surface area contributed by atoms with Crippen molar-refractivity contribution >= 4 is 11.6 Å². The van der Waals surface area contributed by atoms with E-state index in [0.29, 0.717) is 18.8 Å². The number of hydrogen-bond donors (Lipinski definition) is 2. The Kier molecular flexibility index (Phi) is 3.95. The normalized spacial score (nSPS) is 17.9. The number of para-hydroxylation sites is 2. The Hall–Kier alpha value is -1.75. The van der Waals surface area contributed by atoms with Crippen LogP contribution in [-0.2, 0) is 9.53 Å². The zero-order valence-corrected chi connectivity index (χ0v) is 11.5. The Balaban J connectivity index is 1.92. The maximum Gasteiger partial charge on any atom is 0.263 e. The first kappa shape index (κ1) is 13.7. The Labute approximate surface area is 113 Å². The van der Waals surface area contributed by atoms with Crippen LogP contribution < -0.4 is 15.4 Å². The highest BCUT2D eigenvalue weighted by atomic mass is 16.5. The van der Waals surface area contributed by atoms with Gasteiger partial charge >= 0.3 is 0 Å². The molecule has 1 aliphatic rings. The second kappa shape index (κ2) is 5.48. The monoisotopic (exact) mass is 264 g/mol. The van der Waals surface area contributed by atoms with Crippen LogP contribution in [0, 0.1) is 0 Å². The van der Waals surface area contributed by atoms with E-state index in [1.54, 1.807) is 7.11 Å². The van der Waals surface area contributed by atoms with Gasteiger partial charge in [-0.15, -0.1) is 0 Å². The number of rotatable bonds is 4. The third-order valence-electron chi connectivity index (χ3n) is 3.17. The lowest BCUT2D eigenvalue weighted by Gasteiger charge is -2.28. The van der Waals surface area contributed by atoms with E-state index >= 15 is 0 Å². The molecule has 2 N–H and O–H groups in total. The van der Waals surface area contributed by atoms with Gasteiger partial charge in [0, 0.05) is 13.7 Å². The summed E-state index contributed by atoms with van der Waals surface area (Å²) in [5, 5.41) is 6.03. The highest BCUT2D eigenvalue weighted by Crippen LogP contribution is 2.28. The average Bonchev–Trinajstić information content (AvgIpc) is 2.44. The molecule has 1 heterocycles. The highest BCUT2D eigenvalue weighted by molar-refractivity contribution is 5.83. The fourth-order valence-corrected chi connectivity index (χ4v) is 1.75. The van der Waals surface area contributed by atoms with Crippen molar-refractivity contribution in [1.82, 2.24) is 5.32 Å². The highest BCUT2D eigenvalue weighted by Gasteiger charge is 2.27. The third kappa shape index (κ3) is 3.38. The van der Waals surface area contributed by atoms with Crippen LogP contribution in [-0.4, -0.2) is 37.8 Å². The van der Waals surface area contributed by atoms with E-state index in [2.05, 4.69) is 10.6 Å². The second-order valence-electron chi connectivity index (χ2n) is 5.17. The predicted molar refractivity (Wildman–Crippen MR) is 73.4 cm³/mol. The van der Waals surface area contributed by atoms with Gasteiger partial charge in [0.1, 0.15) is 5.75 Å². The van der Waals surface area contributed by atoms with Gasteiger partial charge in [0.25, 0.3) is 5.91 Å². The van der Waals surface area contributed by atoms with Crippen LogP contribution in [0.2, 0.25) is 0 Å². The van der Waals surface area contributed by atoms with Crippen LogP contribution in [0.25, 0.3) is 0 Å². The summed E-state index contributed by atoms with van der Waals surface area (Å²) in [5.74, 6) is 0.576. The van der Waals surface area contributed by atoms with Gasteiger partial charge in [-0.2, -0.15) is 0 Å². The summed E-state index contributed by atoms with van der Waals surface area (Å²) >= 11 is 0. The molecule has 19 heavy (non-hydrogen) atoms. The van der Waals surface area contributed by atoms with Gasteiger partial charge in [0.2, 0.25) is 0 Å². The zero-order valence-electron chi connectivity index (χ0n) is 11.5. The molecular formula is C14H20N2O3. The van der Waals surface area contributed by atoms with E-state index < -0.39 is 6.10 Å². The average molecular weight is 264 g/mol. The third-order valence-corrected chi connectivity index (χ3v) is 3.17. The van der Waals surface area contributed by atoms with E-state index in [9.17, 15) is 4.79 Å². The fourth-order valence-electron chi connectivity index (χ4n) is 1.75. The predicted octanol–water partition coefficient (Wildman–Crippen LogP) is 1.40. The molecule has 1 amide bonds. The maximum atomic E-state index is 12.0. The van der Waals surface area contributed by atoms with E-state index in [0.717, 1.165) is 5.69 Å². The Bertz CT molecular complexity index is 460. The largest absolute Gasteiger partial charge is 0.477 e. The van der Waals surface area contributed by atoms with Crippen LogP contribution in [0.5, 0.6) is 5.75 Å². The lowest BCUT2D eigenvalue weighted by atomic mass is 10.1.